The van der Waals surface area contributed by atoms with Crippen molar-refractivity contribution < 1.29 is 67.3 Å². The molecule has 0 spiro atoms. The fraction of sp³-hybridized carbons (Fsp3) is 0.762. The molecular weight excluding hydrogens is 826 g/mol. The van der Waals surface area contributed by atoms with Gasteiger partial charge in [-0.15, -0.1) is 0 Å². The van der Waals surface area contributed by atoms with Crippen molar-refractivity contribution in [3.8, 4) is 0 Å². The Labute approximate surface area is 370 Å². The Morgan fingerprint density at radius 1 is 0.603 bits per heavy atom. The summed E-state index contributed by atoms with van der Waals surface area (Å²) < 4.78 is 15.3. The number of carboxylic acids is 1. The number of amides is 9. The number of carbonyl (C=O) groups is 10. The van der Waals surface area contributed by atoms with Crippen LogP contribution in [0.25, 0.3) is 0 Å². The van der Waals surface area contributed by atoms with Crippen LogP contribution in [0.3, 0.4) is 0 Å². The van der Waals surface area contributed by atoms with Crippen molar-refractivity contribution in [1.82, 2.24) is 36.0 Å². The summed E-state index contributed by atoms with van der Waals surface area (Å²) in [4.78, 5) is 122. The van der Waals surface area contributed by atoms with Gasteiger partial charge in [0.25, 0.3) is 0 Å². The van der Waals surface area contributed by atoms with Crippen molar-refractivity contribution in [3.63, 3.8) is 0 Å². The molecule has 2 saturated heterocycles. The topological polar surface area (TPSA) is 276 Å². The molecule has 0 radical (unpaired) electrons. The Morgan fingerprint density at radius 2 is 1.00 bits per heavy atom. The highest BCUT2D eigenvalue weighted by Crippen LogP contribution is 2.36. The smallest absolute Gasteiger partial charge is 0.329 e. The molecule has 5 N–H and O–H groups in total. The summed E-state index contributed by atoms with van der Waals surface area (Å²) in [5.41, 5.74) is -0.581. The minimum absolute atomic E-state index is 0.0133. The summed E-state index contributed by atoms with van der Waals surface area (Å²) in [5.74, 6) is -3.99. The predicted octanol–water partition coefficient (Wildman–Crippen LogP) is -0.157. The van der Waals surface area contributed by atoms with E-state index in [-0.39, 0.29) is 155 Å². The molecule has 358 valence electrons. The molecule has 21 heteroatoms. The van der Waals surface area contributed by atoms with E-state index in [0.717, 1.165) is 11.3 Å². The van der Waals surface area contributed by atoms with Crippen LogP contribution in [0.15, 0.2) is 0 Å². The maximum absolute atomic E-state index is 12.4. The molecular formula is C42H71N7O14. The van der Waals surface area contributed by atoms with E-state index in [9.17, 15) is 47.9 Å². The molecule has 2 rings (SSSR count). The van der Waals surface area contributed by atoms with Gasteiger partial charge < -0.3 is 45.5 Å². The van der Waals surface area contributed by atoms with E-state index >= 15 is 0 Å². The first-order chi connectivity index (χ1) is 29.5. The van der Waals surface area contributed by atoms with Gasteiger partial charge in [-0.05, 0) is 17.3 Å². The minimum atomic E-state index is -1.16. The molecule has 2 aliphatic heterocycles. The molecule has 0 aromatic heterocycles. The monoisotopic (exact) mass is 898 g/mol. The number of carboxylic acid groups (broad SMARTS) is 1. The lowest BCUT2D eigenvalue weighted by atomic mass is 9.80. The van der Waals surface area contributed by atoms with Crippen LogP contribution in [-0.4, -0.2) is 171 Å². The van der Waals surface area contributed by atoms with Gasteiger partial charge in [-0.3, -0.25) is 53.0 Å². The van der Waals surface area contributed by atoms with Crippen LogP contribution in [0.5, 0.6) is 0 Å². The van der Waals surface area contributed by atoms with Crippen LogP contribution < -0.4 is 21.3 Å². The zero-order valence-electron chi connectivity index (χ0n) is 38.4. The number of likely N-dealkylation sites (N-methyl/N-ethyl adjacent to an activating group) is 1. The number of imide groups is 2. The van der Waals surface area contributed by atoms with E-state index in [1.807, 2.05) is 48.5 Å². The molecule has 0 saturated carbocycles. The quantitative estimate of drug-likeness (QED) is 0.0530. The zero-order chi connectivity index (χ0) is 47.8. The maximum Gasteiger partial charge on any atom is 0.329 e. The second-order valence-electron chi connectivity index (χ2n) is 17.3. The molecule has 9 amide bonds. The molecule has 0 aromatic rings. The van der Waals surface area contributed by atoms with Gasteiger partial charge in [0.2, 0.25) is 53.2 Å². The number of rotatable bonds is 27. The van der Waals surface area contributed by atoms with Gasteiger partial charge in [0, 0.05) is 91.4 Å². The van der Waals surface area contributed by atoms with Gasteiger partial charge in [-0.25, -0.2) is 4.79 Å². The number of nitrogens with zero attached hydrogens (tertiary/aromatic N) is 3. The number of carbonyl (C=O) groups excluding carboxylic acids is 9. The van der Waals surface area contributed by atoms with Gasteiger partial charge in [-0.2, -0.15) is 0 Å². The SMILES string of the molecule is CCCNC(=O)CCOCCNC(=O)CCN1C(=O)CC(C(C)(C)C)C1=O.CN(CCNC(=O)CCOCCNC(=O)CCN1C(=O)CC(C(C)(C)C)C1=O)C(=O)COCC(=O)O. The molecule has 21 nitrogen and oxygen atoms in total. The number of likely N-dealkylation sites (tertiary alicyclic amines) is 2. The lowest BCUT2D eigenvalue weighted by Gasteiger charge is -2.24. The fourth-order valence-corrected chi connectivity index (χ4v) is 6.12. The number of ether oxygens (including phenoxy) is 3. The van der Waals surface area contributed by atoms with E-state index < -0.39 is 18.5 Å². The van der Waals surface area contributed by atoms with Gasteiger partial charge in [0.15, 0.2) is 0 Å². The summed E-state index contributed by atoms with van der Waals surface area (Å²) >= 11 is 0. The fourth-order valence-electron chi connectivity index (χ4n) is 6.12. The standard InChI is InChI=1S/C23H38N4O9.C19H33N3O5/c1-23(2,3)16-13-19(30)27(22(16)34)9-5-17(28)25-8-12-35-11-6-18(29)24-7-10-26(4)20(31)14-36-15-21(32)33;1-5-8-20-16(24)7-11-27-12-9-21-15(23)6-10-22-17(25)13-14(18(22)26)19(2,3)4/h16H,5-15H2,1-4H3,(H,24,29)(H,25,28)(H,32,33);14H,5-13H2,1-4H3,(H,20,24)(H,21,23). The van der Waals surface area contributed by atoms with Gasteiger partial charge >= 0.3 is 5.97 Å². The lowest BCUT2D eigenvalue weighted by molar-refractivity contribution is -0.146. The number of hydrogen-bond donors (Lipinski definition) is 5. The number of aliphatic carboxylic acids is 1. The first-order valence-electron chi connectivity index (χ1n) is 21.4. The summed E-state index contributed by atoms with van der Waals surface area (Å²) in [6.45, 7) is 15.4. The van der Waals surface area contributed by atoms with Crippen LogP contribution in [0.1, 0.15) is 93.4 Å². The highest BCUT2D eigenvalue weighted by Gasteiger charge is 2.45. The average molecular weight is 898 g/mol. The molecule has 2 unspecified atom stereocenters. The molecule has 0 aromatic carbocycles. The van der Waals surface area contributed by atoms with Gasteiger partial charge in [0.1, 0.15) is 13.2 Å². The second kappa shape index (κ2) is 28.6. The van der Waals surface area contributed by atoms with E-state index in [1.165, 1.54) is 16.8 Å². The Bertz CT molecular complexity index is 1580. The third-order valence-electron chi connectivity index (χ3n) is 10.0. The maximum atomic E-state index is 12.4. The van der Waals surface area contributed by atoms with E-state index in [1.54, 1.807) is 0 Å². The zero-order valence-corrected chi connectivity index (χ0v) is 38.4. The Kier molecular flexibility index (Phi) is 25.4. The summed E-state index contributed by atoms with van der Waals surface area (Å²) in [5, 5.41) is 19.2. The number of nitrogens with one attached hydrogen (secondary N) is 4. The van der Waals surface area contributed by atoms with Crippen LogP contribution in [0.4, 0.5) is 0 Å². The first kappa shape index (κ1) is 56.0. The summed E-state index contributed by atoms with van der Waals surface area (Å²) in [6, 6.07) is 0. The summed E-state index contributed by atoms with van der Waals surface area (Å²) in [6.07, 6.45) is 1.76. The highest BCUT2D eigenvalue weighted by molar-refractivity contribution is 6.04. The minimum Gasteiger partial charge on any atom is -0.480 e. The van der Waals surface area contributed by atoms with E-state index in [2.05, 4.69) is 21.3 Å². The molecule has 0 aliphatic carbocycles. The van der Waals surface area contributed by atoms with Crippen LogP contribution in [0, 0.1) is 22.7 Å². The van der Waals surface area contributed by atoms with Crippen molar-refractivity contribution in [2.45, 2.75) is 93.4 Å². The molecule has 0 bridgehead atoms. The normalized spacial score (nSPS) is 16.4. The highest BCUT2D eigenvalue weighted by atomic mass is 16.5. The summed E-state index contributed by atoms with van der Waals surface area (Å²) in [7, 11) is 1.51. The van der Waals surface area contributed by atoms with Crippen molar-refractivity contribution >= 4 is 59.1 Å². The van der Waals surface area contributed by atoms with Crippen LogP contribution in [0.2, 0.25) is 0 Å². The van der Waals surface area contributed by atoms with Crippen molar-refractivity contribution in [3.05, 3.63) is 0 Å². The molecule has 2 aliphatic rings. The van der Waals surface area contributed by atoms with Gasteiger partial charge in [0.05, 0.1) is 38.3 Å². The van der Waals surface area contributed by atoms with Crippen molar-refractivity contribution in [2.24, 2.45) is 22.7 Å². The average Bonchev–Trinajstić information content (AvgIpc) is 3.66. The first-order valence-corrected chi connectivity index (χ1v) is 21.4. The second-order valence-corrected chi connectivity index (χ2v) is 17.3. The molecule has 2 heterocycles. The molecule has 2 fully saturated rings. The van der Waals surface area contributed by atoms with Gasteiger partial charge in [-0.1, -0.05) is 48.5 Å². The Morgan fingerprint density at radius 3 is 1.38 bits per heavy atom. The van der Waals surface area contributed by atoms with Crippen molar-refractivity contribution in [2.75, 3.05) is 92.5 Å². The lowest BCUT2D eigenvalue weighted by Crippen LogP contribution is -2.38. The predicted molar refractivity (Wildman–Crippen MR) is 227 cm³/mol. The Hall–Kier alpha value is -5.02. The number of hydrogen-bond acceptors (Lipinski definition) is 13. The third-order valence-corrected chi connectivity index (χ3v) is 10.0. The third kappa shape index (κ3) is 22.8. The van der Waals surface area contributed by atoms with Crippen LogP contribution >= 0.6 is 0 Å². The molecule has 2 atom stereocenters. The van der Waals surface area contributed by atoms with Crippen molar-refractivity contribution in [1.29, 1.82) is 0 Å². The largest absolute Gasteiger partial charge is 0.480 e. The van der Waals surface area contributed by atoms with Crippen LogP contribution in [-0.2, 0) is 62.2 Å². The van der Waals surface area contributed by atoms with E-state index in [0.29, 0.717) is 32.7 Å². The van der Waals surface area contributed by atoms with E-state index in [4.69, 9.17) is 19.3 Å². The molecule has 63 heavy (non-hydrogen) atoms. The Balaban J connectivity index is 0.000000656.